The van der Waals surface area contributed by atoms with Gasteiger partial charge in [-0.2, -0.15) is 0 Å². The maximum atomic E-state index is 12.5. The number of nitro groups is 1. The van der Waals surface area contributed by atoms with Crippen LogP contribution < -0.4 is 10.6 Å². The predicted octanol–water partition coefficient (Wildman–Crippen LogP) is 3.74. The first-order valence-corrected chi connectivity index (χ1v) is 11.2. The molecular formula is C22H24N6O4S. The first-order valence-electron chi connectivity index (χ1n) is 10.3. The average molecular weight is 469 g/mol. The number of nitrogens with one attached hydrogen (secondary N) is 2. The lowest BCUT2D eigenvalue weighted by atomic mass is 10.1. The number of rotatable bonds is 9. The summed E-state index contributed by atoms with van der Waals surface area (Å²) >= 11 is 1.22. The van der Waals surface area contributed by atoms with Crippen LogP contribution in [-0.4, -0.2) is 37.3 Å². The second kappa shape index (κ2) is 10.7. The molecule has 0 aliphatic heterocycles. The smallest absolute Gasteiger partial charge is 0.269 e. The molecule has 0 saturated heterocycles. The van der Waals surface area contributed by atoms with Crippen molar-refractivity contribution in [1.82, 2.24) is 20.1 Å². The van der Waals surface area contributed by atoms with E-state index < -0.39 is 4.92 Å². The highest BCUT2D eigenvalue weighted by atomic mass is 32.2. The van der Waals surface area contributed by atoms with Crippen molar-refractivity contribution in [3.05, 3.63) is 75.6 Å². The molecular weight excluding hydrogens is 444 g/mol. The Labute approximate surface area is 194 Å². The molecule has 0 unspecified atom stereocenters. The van der Waals surface area contributed by atoms with Crippen molar-refractivity contribution in [2.24, 2.45) is 0 Å². The largest absolute Gasteiger partial charge is 0.342 e. The topological polar surface area (TPSA) is 132 Å². The van der Waals surface area contributed by atoms with Gasteiger partial charge in [-0.1, -0.05) is 29.5 Å². The van der Waals surface area contributed by atoms with E-state index in [0.717, 1.165) is 5.56 Å². The normalized spacial score (nSPS) is 11.6. The molecule has 2 N–H and O–H groups in total. The van der Waals surface area contributed by atoms with Crippen molar-refractivity contribution >= 4 is 35.0 Å². The summed E-state index contributed by atoms with van der Waals surface area (Å²) in [6.45, 7) is 6.29. The van der Waals surface area contributed by atoms with Gasteiger partial charge in [0.15, 0.2) is 11.0 Å². The summed E-state index contributed by atoms with van der Waals surface area (Å²) in [5.74, 6) is 0.196. The molecule has 11 heteroatoms. The van der Waals surface area contributed by atoms with Crippen molar-refractivity contribution in [1.29, 1.82) is 0 Å². The number of anilines is 1. The minimum absolute atomic E-state index is 0.0467. The van der Waals surface area contributed by atoms with Gasteiger partial charge < -0.3 is 15.2 Å². The number of nitrogens with zero attached hydrogens (tertiary/aromatic N) is 4. The second-order valence-electron chi connectivity index (χ2n) is 7.29. The number of aryl methyl sites for hydroxylation is 1. The molecule has 0 fully saturated rings. The number of carbonyl (C=O) groups excluding carboxylic acids is 2. The van der Waals surface area contributed by atoms with Gasteiger partial charge in [0.1, 0.15) is 0 Å². The molecule has 1 atom stereocenters. The summed E-state index contributed by atoms with van der Waals surface area (Å²) in [4.78, 5) is 35.0. The molecule has 3 aromatic rings. The number of amides is 2. The number of thioether (sulfide) groups is 1. The summed E-state index contributed by atoms with van der Waals surface area (Å²) in [5, 5.41) is 25.3. The van der Waals surface area contributed by atoms with Gasteiger partial charge in [0.05, 0.1) is 16.7 Å². The molecule has 1 heterocycles. The van der Waals surface area contributed by atoms with E-state index in [1.165, 1.54) is 36.0 Å². The van der Waals surface area contributed by atoms with Gasteiger partial charge in [-0.3, -0.25) is 19.7 Å². The fraction of sp³-hybridized carbons (Fsp3) is 0.273. The summed E-state index contributed by atoms with van der Waals surface area (Å²) in [5.41, 5.74) is 2.06. The Hall–Kier alpha value is -3.73. The van der Waals surface area contributed by atoms with Crippen LogP contribution in [0.2, 0.25) is 0 Å². The quantitative estimate of drug-likeness (QED) is 0.278. The van der Waals surface area contributed by atoms with E-state index in [1.54, 1.807) is 12.1 Å². The summed E-state index contributed by atoms with van der Waals surface area (Å²) in [7, 11) is 0. The van der Waals surface area contributed by atoms with E-state index in [4.69, 9.17) is 0 Å². The predicted molar refractivity (Wildman–Crippen MR) is 125 cm³/mol. The van der Waals surface area contributed by atoms with E-state index in [0.29, 0.717) is 28.8 Å². The van der Waals surface area contributed by atoms with Gasteiger partial charge in [0.2, 0.25) is 5.91 Å². The van der Waals surface area contributed by atoms with E-state index in [2.05, 4.69) is 20.8 Å². The van der Waals surface area contributed by atoms with Crippen LogP contribution in [0.1, 0.15) is 41.6 Å². The molecule has 3 rings (SSSR count). The Morgan fingerprint density at radius 1 is 1.12 bits per heavy atom. The van der Waals surface area contributed by atoms with Gasteiger partial charge in [-0.15, -0.1) is 10.2 Å². The molecule has 10 nitrogen and oxygen atoms in total. The lowest BCUT2D eigenvalue weighted by Gasteiger charge is -2.15. The van der Waals surface area contributed by atoms with Crippen LogP contribution in [0.3, 0.4) is 0 Å². The van der Waals surface area contributed by atoms with Crippen molar-refractivity contribution < 1.29 is 14.5 Å². The van der Waals surface area contributed by atoms with Crippen molar-refractivity contribution in [2.45, 2.75) is 38.5 Å². The molecule has 172 valence electrons. The van der Waals surface area contributed by atoms with E-state index in [9.17, 15) is 19.7 Å². The molecule has 0 bridgehead atoms. The molecule has 0 spiro atoms. The molecule has 2 aromatic carbocycles. The van der Waals surface area contributed by atoms with Crippen LogP contribution in [0.4, 0.5) is 11.4 Å². The summed E-state index contributed by atoms with van der Waals surface area (Å²) in [6, 6.07) is 12.5. The fourth-order valence-corrected chi connectivity index (χ4v) is 3.88. The monoisotopic (exact) mass is 468 g/mol. The Morgan fingerprint density at radius 3 is 2.39 bits per heavy atom. The average Bonchev–Trinajstić information content (AvgIpc) is 3.21. The van der Waals surface area contributed by atoms with Gasteiger partial charge in [-0.05, 0) is 45.0 Å². The Balaban J connectivity index is 1.60. The Morgan fingerprint density at radius 2 is 1.79 bits per heavy atom. The van der Waals surface area contributed by atoms with E-state index in [1.807, 2.05) is 37.5 Å². The summed E-state index contributed by atoms with van der Waals surface area (Å²) < 4.78 is 1.85. The molecule has 0 radical (unpaired) electrons. The van der Waals surface area contributed by atoms with Gasteiger partial charge in [0, 0.05) is 29.9 Å². The summed E-state index contributed by atoms with van der Waals surface area (Å²) in [6.07, 6.45) is 0. The van der Waals surface area contributed by atoms with E-state index >= 15 is 0 Å². The first kappa shape index (κ1) is 23.9. The maximum Gasteiger partial charge on any atom is 0.269 e. The molecule has 0 aliphatic carbocycles. The lowest BCUT2D eigenvalue weighted by molar-refractivity contribution is -0.384. The SMILES string of the molecule is CCn1c(SCC(=O)Nc2ccc([N+](=O)[O-])cc2)nnc1[C@H](C)NC(=O)c1ccc(C)cc1. The molecule has 2 amide bonds. The second-order valence-corrected chi connectivity index (χ2v) is 8.23. The zero-order valence-corrected chi connectivity index (χ0v) is 19.3. The van der Waals surface area contributed by atoms with Crippen LogP contribution in [0.25, 0.3) is 0 Å². The third kappa shape index (κ3) is 6.16. The van der Waals surface area contributed by atoms with Gasteiger partial charge in [-0.25, -0.2) is 0 Å². The van der Waals surface area contributed by atoms with Gasteiger partial charge >= 0.3 is 0 Å². The maximum absolute atomic E-state index is 12.5. The minimum atomic E-state index is -0.499. The van der Waals surface area contributed by atoms with Crippen molar-refractivity contribution in [3.63, 3.8) is 0 Å². The van der Waals surface area contributed by atoms with E-state index in [-0.39, 0.29) is 29.3 Å². The Kier molecular flexibility index (Phi) is 7.78. The zero-order valence-electron chi connectivity index (χ0n) is 18.4. The number of aromatic nitrogens is 3. The zero-order chi connectivity index (χ0) is 24.0. The van der Waals surface area contributed by atoms with Crippen molar-refractivity contribution in [2.75, 3.05) is 11.1 Å². The lowest BCUT2D eigenvalue weighted by Crippen LogP contribution is -2.28. The fourth-order valence-electron chi connectivity index (χ4n) is 3.07. The highest BCUT2D eigenvalue weighted by Crippen LogP contribution is 2.22. The number of carbonyl (C=O) groups is 2. The Bertz CT molecular complexity index is 1140. The van der Waals surface area contributed by atoms with Crippen LogP contribution in [0.15, 0.2) is 53.7 Å². The highest BCUT2D eigenvalue weighted by molar-refractivity contribution is 7.99. The molecule has 1 aromatic heterocycles. The standard InChI is InChI=1S/C22H24N6O4S/c1-4-27-20(15(3)23-21(30)16-7-5-14(2)6-8-16)25-26-22(27)33-13-19(29)24-17-9-11-18(12-10-17)28(31)32/h5-12,15H,4,13H2,1-3H3,(H,23,30)(H,24,29)/t15-/m0/s1. The highest BCUT2D eigenvalue weighted by Gasteiger charge is 2.20. The number of nitro benzene ring substituents is 1. The van der Waals surface area contributed by atoms with Crippen LogP contribution >= 0.6 is 11.8 Å². The molecule has 0 saturated carbocycles. The number of hydrogen-bond donors (Lipinski definition) is 2. The van der Waals surface area contributed by atoms with Crippen LogP contribution in [0.5, 0.6) is 0 Å². The molecule has 33 heavy (non-hydrogen) atoms. The number of hydrogen-bond acceptors (Lipinski definition) is 7. The van der Waals surface area contributed by atoms with Crippen molar-refractivity contribution in [3.8, 4) is 0 Å². The minimum Gasteiger partial charge on any atom is -0.342 e. The number of benzene rings is 2. The van der Waals surface area contributed by atoms with Crippen LogP contribution in [0, 0.1) is 17.0 Å². The third-order valence-corrected chi connectivity index (χ3v) is 5.77. The number of non-ortho nitro benzene ring substituents is 1. The van der Waals surface area contributed by atoms with Crippen LogP contribution in [-0.2, 0) is 11.3 Å². The molecule has 0 aliphatic rings. The first-order chi connectivity index (χ1) is 15.8. The third-order valence-electron chi connectivity index (χ3n) is 4.80. The van der Waals surface area contributed by atoms with Gasteiger partial charge in [0.25, 0.3) is 11.6 Å².